The Hall–Kier alpha value is -7.44. The highest BCUT2D eigenvalue weighted by Crippen LogP contribution is 2.38. The van der Waals surface area contributed by atoms with Gasteiger partial charge in [-0.3, -0.25) is 4.79 Å². The molecule has 6 nitrogen and oxygen atoms in total. The molecule has 0 saturated heterocycles. The molecule has 4 unspecified atom stereocenters. The Balaban J connectivity index is 0.00000110. The molecule has 6 heteroatoms. The van der Waals surface area contributed by atoms with Crippen LogP contribution in [0.4, 0.5) is 0 Å². The van der Waals surface area contributed by atoms with E-state index in [9.17, 15) is 4.79 Å². The van der Waals surface area contributed by atoms with Crippen LogP contribution in [-0.4, -0.2) is 30.8 Å². The largest absolute Gasteiger partial charge is 0.466 e. The van der Waals surface area contributed by atoms with Crippen molar-refractivity contribution in [2.75, 3.05) is 6.61 Å². The molecule has 6 heterocycles. The number of imidazole rings is 1. The molecule has 0 spiro atoms. The molecule has 10 rings (SSSR count). The first-order chi connectivity index (χ1) is 34.2. The molecule has 420 valence electrons. The Morgan fingerprint density at radius 2 is 1.06 bits per heavy atom. The maximum atomic E-state index is 11.9. The quantitative estimate of drug-likeness (QED) is 0.102. The zero-order valence-corrected chi connectivity index (χ0v) is 42.0. The number of pyridine rings is 3. The van der Waals surface area contributed by atoms with Gasteiger partial charge < -0.3 is 17.9 Å². The van der Waals surface area contributed by atoms with Gasteiger partial charge in [0.1, 0.15) is 5.65 Å². The monoisotopic (exact) mass is 1050 g/mol. The zero-order valence-electron chi connectivity index (χ0n) is 42.0. The first-order valence-electron chi connectivity index (χ1n) is 25.3. The van der Waals surface area contributed by atoms with Crippen LogP contribution in [0.25, 0.3) is 61.3 Å². The van der Waals surface area contributed by atoms with Crippen LogP contribution >= 0.6 is 0 Å². The molecule has 0 aliphatic carbocycles. The number of carbonyl (C=O) groups excluding carboxylic acids is 1. The maximum Gasteiger partial charge on any atom is 0.308 e. The third-order valence-corrected chi connectivity index (χ3v) is 13.9. The molecule has 0 radical (unpaired) electrons. The minimum atomic E-state index is -0.104. The van der Waals surface area contributed by atoms with E-state index in [0.717, 1.165) is 36.2 Å². The van der Waals surface area contributed by atoms with Gasteiger partial charge in [0.05, 0.1) is 23.7 Å². The molecule has 6 aromatic heterocycles. The maximum absolute atomic E-state index is 11.9. The molecule has 4 aromatic carbocycles. The normalized spacial score (nSPS) is 11.6. The second-order valence-corrected chi connectivity index (χ2v) is 18.6. The van der Waals surface area contributed by atoms with Gasteiger partial charge >= 0.3 is 5.97 Å². The van der Waals surface area contributed by atoms with E-state index in [1.807, 2.05) is 48.8 Å². The Kier molecular flexibility index (Phi) is 30.4. The first kappa shape index (κ1) is 70.6. The van der Waals surface area contributed by atoms with E-state index < -0.39 is 0 Å². The summed E-state index contributed by atoms with van der Waals surface area (Å²) < 4.78 is 11.7. The number of nitrogens with zero attached hydrogens (tertiary/aromatic N) is 4. The number of fused-ring (bicyclic) bond motifs is 3. The fourth-order valence-electron chi connectivity index (χ4n) is 9.38. The molecule has 0 saturated carbocycles. The van der Waals surface area contributed by atoms with Gasteiger partial charge in [-0.25, -0.2) is 4.98 Å². The van der Waals surface area contributed by atoms with Gasteiger partial charge in [0.15, 0.2) is 0 Å². The highest BCUT2D eigenvalue weighted by Gasteiger charge is 2.21. The summed E-state index contributed by atoms with van der Waals surface area (Å²) in [6, 6.07) is 60.1. The summed E-state index contributed by atoms with van der Waals surface area (Å²) in [5.74, 6) is 1.35. The number of hydrogen-bond acceptors (Lipinski definition) is 3. The average Bonchev–Trinajstić information content (AvgIpc) is 4.17. The van der Waals surface area contributed by atoms with Gasteiger partial charge in [0.2, 0.25) is 0 Å². The standard InChI is InChI=1S/C24H23N.C22H26N2O2.C18H19N.8CH4/c1-3-18(2)19-12-14-20(15-13-19)22-17-25-16-8-7-11-23(25)24(22)21-9-5-4-6-10-21;1-4-17(14-16(3)22(25)26-5-2)18-9-11-19(12-10-18)20-15-24-13-7-6-8-21(24)23-20;1-3-14(2)18-11-7-10-17-12-16(13-19(17)18)15-8-5-4-6-9-15;;;;;;;;/h4-18H,3H2,1-2H3;6-13,15-17H,4-5,14H2,1-3H3;4-14H,3H2,1-2H3;8*1H4. The SMILES string of the molecule is C.C.C.C.C.C.C.C.CCC(C)c1ccc(-c2cn3ccccc3c2-c2ccccc2)cc1.CCC(C)c1cccc2cc(-c3ccccc3)cn12.CCOC(=O)C(C)CC(CC)c1ccc(-c2cn3ccccc3n2)cc1. The number of aromatic nitrogens is 4. The lowest BCUT2D eigenvalue weighted by atomic mass is 9.87. The fourth-order valence-corrected chi connectivity index (χ4v) is 9.38. The second-order valence-electron chi connectivity index (χ2n) is 18.6. The summed E-state index contributed by atoms with van der Waals surface area (Å²) in [6.07, 6.45) is 14.8. The van der Waals surface area contributed by atoms with E-state index >= 15 is 0 Å². The Labute approximate surface area is 474 Å². The van der Waals surface area contributed by atoms with Crippen molar-refractivity contribution >= 4 is 22.6 Å². The van der Waals surface area contributed by atoms with Crippen LogP contribution in [0.5, 0.6) is 0 Å². The van der Waals surface area contributed by atoms with Gasteiger partial charge in [-0.2, -0.15) is 0 Å². The molecule has 4 atom stereocenters. The summed E-state index contributed by atoms with van der Waals surface area (Å²) in [5, 5.41) is 0. The van der Waals surface area contributed by atoms with Crippen LogP contribution in [0.3, 0.4) is 0 Å². The molecule has 78 heavy (non-hydrogen) atoms. The van der Waals surface area contributed by atoms with E-state index in [1.54, 1.807) is 0 Å². The van der Waals surface area contributed by atoms with Crippen molar-refractivity contribution in [2.45, 2.75) is 151 Å². The lowest BCUT2D eigenvalue weighted by Crippen LogP contribution is -2.17. The van der Waals surface area contributed by atoms with Crippen molar-refractivity contribution in [3.8, 4) is 44.6 Å². The van der Waals surface area contributed by atoms with E-state index in [-0.39, 0.29) is 71.3 Å². The third kappa shape index (κ3) is 16.5. The lowest BCUT2D eigenvalue weighted by molar-refractivity contribution is -0.147. The van der Waals surface area contributed by atoms with Gasteiger partial charge in [-0.1, -0.05) is 228 Å². The minimum absolute atomic E-state index is 0. The van der Waals surface area contributed by atoms with Crippen LogP contribution in [0.15, 0.2) is 201 Å². The molecule has 0 fully saturated rings. The Bertz CT molecular complexity index is 3180. The van der Waals surface area contributed by atoms with E-state index in [2.05, 4.69) is 219 Å². The number of rotatable bonds is 14. The van der Waals surface area contributed by atoms with Gasteiger partial charge in [-0.05, 0) is 121 Å². The molecule has 0 N–H and O–H groups in total. The predicted molar refractivity (Wildman–Crippen MR) is 346 cm³/mol. The van der Waals surface area contributed by atoms with E-state index in [4.69, 9.17) is 4.74 Å². The van der Waals surface area contributed by atoms with Crippen molar-refractivity contribution in [3.05, 3.63) is 218 Å². The number of esters is 1. The topological polar surface area (TPSA) is 52.4 Å². The molecule has 0 aliphatic rings. The summed E-state index contributed by atoms with van der Waals surface area (Å²) in [4.78, 5) is 16.6. The van der Waals surface area contributed by atoms with Crippen molar-refractivity contribution < 1.29 is 9.53 Å². The molecule has 0 aliphatic heterocycles. The van der Waals surface area contributed by atoms with Crippen LogP contribution in [0.2, 0.25) is 0 Å². The predicted octanol–water partition coefficient (Wildman–Crippen LogP) is 22.1. The summed E-state index contributed by atoms with van der Waals surface area (Å²) in [6.45, 7) is 15.5. The molecular weight excluding hydrogens is 953 g/mol. The number of hydrogen-bond donors (Lipinski definition) is 0. The summed E-state index contributed by atoms with van der Waals surface area (Å²) in [5.41, 5.74) is 17.3. The van der Waals surface area contributed by atoms with Crippen LogP contribution in [-0.2, 0) is 9.53 Å². The van der Waals surface area contributed by atoms with Crippen LogP contribution in [0, 0.1) is 5.92 Å². The van der Waals surface area contributed by atoms with Crippen molar-refractivity contribution in [3.63, 3.8) is 0 Å². The smallest absolute Gasteiger partial charge is 0.308 e. The van der Waals surface area contributed by atoms with Crippen molar-refractivity contribution in [1.29, 1.82) is 0 Å². The number of benzene rings is 4. The summed E-state index contributed by atoms with van der Waals surface area (Å²) >= 11 is 0. The van der Waals surface area contributed by atoms with Crippen LogP contribution < -0.4 is 0 Å². The van der Waals surface area contributed by atoms with Crippen LogP contribution in [0.1, 0.15) is 168 Å². The number of carbonyl (C=O) groups is 1. The molecule has 0 amide bonds. The van der Waals surface area contributed by atoms with Crippen molar-refractivity contribution in [1.82, 2.24) is 18.2 Å². The average molecular weight is 1050 g/mol. The highest BCUT2D eigenvalue weighted by molar-refractivity contribution is 5.94. The minimum Gasteiger partial charge on any atom is -0.466 e. The zero-order chi connectivity index (χ0) is 49.0. The first-order valence-corrected chi connectivity index (χ1v) is 25.3. The molecule has 10 aromatic rings. The third-order valence-electron chi connectivity index (χ3n) is 13.9. The van der Waals surface area contributed by atoms with Gasteiger partial charge in [0, 0.05) is 64.4 Å². The summed E-state index contributed by atoms with van der Waals surface area (Å²) in [7, 11) is 0. The highest BCUT2D eigenvalue weighted by atomic mass is 16.5. The Morgan fingerprint density at radius 1 is 0.500 bits per heavy atom. The van der Waals surface area contributed by atoms with Gasteiger partial charge in [-0.15, -0.1) is 0 Å². The fraction of sp³-hybridized carbons (Fsp3) is 0.333. The van der Waals surface area contributed by atoms with Gasteiger partial charge in [0.25, 0.3) is 0 Å². The molecule has 0 bridgehead atoms. The van der Waals surface area contributed by atoms with E-state index in [1.165, 1.54) is 67.7 Å². The van der Waals surface area contributed by atoms with E-state index in [0.29, 0.717) is 24.4 Å². The lowest BCUT2D eigenvalue weighted by Gasteiger charge is -2.19. The second kappa shape index (κ2) is 33.7. The number of ether oxygens (including phenoxy) is 1. The Morgan fingerprint density at radius 3 is 1.65 bits per heavy atom. The molecular formula is C72H100N4O2. The van der Waals surface area contributed by atoms with Crippen molar-refractivity contribution in [2.24, 2.45) is 5.92 Å².